The first-order valence-electron chi connectivity index (χ1n) is 18.8. The minimum Gasteiger partial charge on any atom is -0.455 e. The van der Waals surface area contributed by atoms with E-state index in [4.69, 9.17) is 4.42 Å². The van der Waals surface area contributed by atoms with Gasteiger partial charge in [0.05, 0.1) is 22.1 Å². The van der Waals surface area contributed by atoms with Gasteiger partial charge < -0.3 is 13.9 Å². The molecular formula is C52H34N2O. The largest absolute Gasteiger partial charge is 0.455 e. The summed E-state index contributed by atoms with van der Waals surface area (Å²) in [5.41, 5.74) is 13.1. The van der Waals surface area contributed by atoms with Crippen molar-refractivity contribution in [2.45, 2.75) is 0 Å². The fourth-order valence-electron chi connectivity index (χ4n) is 8.50. The smallest absolute Gasteiger partial charge is 0.143 e. The average molecular weight is 703 g/mol. The van der Waals surface area contributed by atoms with Gasteiger partial charge in [-0.15, -0.1) is 0 Å². The molecular weight excluding hydrogens is 669 g/mol. The summed E-state index contributed by atoms with van der Waals surface area (Å²) < 4.78 is 9.14. The highest BCUT2D eigenvalue weighted by Crippen LogP contribution is 2.47. The van der Waals surface area contributed by atoms with E-state index >= 15 is 0 Å². The Morgan fingerprint density at radius 3 is 1.82 bits per heavy atom. The molecule has 0 spiro atoms. The van der Waals surface area contributed by atoms with Crippen molar-refractivity contribution in [3.8, 4) is 27.9 Å². The average Bonchev–Trinajstić information content (AvgIpc) is 3.81. The van der Waals surface area contributed by atoms with Gasteiger partial charge in [0.25, 0.3) is 0 Å². The lowest BCUT2D eigenvalue weighted by molar-refractivity contribution is 0.672. The second kappa shape index (κ2) is 12.6. The van der Waals surface area contributed by atoms with Gasteiger partial charge in [0.2, 0.25) is 0 Å². The summed E-state index contributed by atoms with van der Waals surface area (Å²) in [5.74, 6) is 0. The quantitative estimate of drug-likeness (QED) is 0.172. The molecule has 0 amide bonds. The number of benzene rings is 9. The van der Waals surface area contributed by atoms with Crippen LogP contribution in [-0.4, -0.2) is 4.57 Å². The molecule has 258 valence electrons. The van der Waals surface area contributed by atoms with E-state index in [0.717, 1.165) is 61.0 Å². The number of nitrogens with zero attached hydrogens (tertiary/aromatic N) is 2. The minimum atomic E-state index is 0.859. The first-order chi connectivity index (χ1) is 27.3. The monoisotopic (exact) mass is 702 g/mol. The number of hydrogen-bond acceptors (Lipinski definition) is 2. The molecule has 2 aromatic heterocycles. The molecule has 11 aromatic rings. The summed E-state index contributed by atoms with van der Waals surface area (Å²) in [5, 5.41) is 6.90. The number of para-hydroxylation sites is 2. The Hall–Kier alpha value is -7.36. The lowest BCUT2D eigenvalue weighted by Gasteiger charge is -2.28. The van der Waals surface area contributed by atoms with Crippen LogP contribution in [0.15, 0.2) is 211 Å². The number of rotatable bonds is 6. The number of furan rings is 1. The van der Waals surface area contributed by atoms with Gasteiger partial charge in [0.15, 0.2) is 0 Å². The normalized spacial score (nSPS) is 11.6. The molecule has 0 fully saturated rings. The van der Waals surface area contributed by atoms with Gasteiger partial charge in [-0.05, 0) is 88.3 Å². The number of hydrogen-bond donors (Lipinski definition) is 0. The van der Waals surface area contributed by atoms with Crippen molar-refractivity contribution in [3.05, 3.63) is 206 Å². The van der Waals surface area contributed by atoms with E-state index < -0.39 is 0 Å². The second-order valence-corrected chi connectivity index (χ2v) is 14.1. The first kappa shape index (κ1) is 31.2. The molecule has 3 heteroatoms. The van der Waals surface area contributed by atoms with Crippen LogP contribution in [0.3, 0.4) is 0 Å². The summed E-state index contributed by atoms with van der Waals surface area (Å²) in [6, 6.07) is 73.9. The van der Waals surface area contributed by atoms with Crippen LogP contribution in [-0.2, 0) is 0 Å². The summed E-state index contributed by atoms with van der Waals surface area (Å²) in [7, 11) is 0. The molecule has 0 N–H and O–H groups in total. The third-order valence-corrected chi connectivity index (χ3v) is 11.0. The predicted octanol–water partition coefficient (Wildman–Crippen LogP) is 14.6. The molecule has 0 saturated heterocycles. The molecule has 55 heavy (non-hydrogen) atoms. The van der Waals surface area contributed by atoms with Crippen LogP contribution >= 0.6 is 0 Å². The lowest BCUT2D eigenvalue weighted by Crippen LogP contribution is -2.11. The predicted molar refractivity (Wildman–Crippen MR) is 231 cm³/mol. The van der Waals surface area contributed by atoms with Crippen LogP contribution < -0.4 is 4.90 Å². The van der Waals surface area contributed by atoms with Gasteiger partial charge in [-0.3, -0.25) is 0 Å². The topological polar surface area (TPSA) is 21.3 Å². The van der Waals surface area contributed by atoms with Crippen molar-refractivity contribution in [1.82, 2.24) is 4.57 Å². The van der Waals surface area contributed by atoms with E-state index in [2.05, 4.69) is 216 Å². The molecule has 0 radical (unpaired) electrons. The highest BCUT2D eigenvalue weighted by Gasteiger charge is 2.23. The zero-order valence-corrected chi connectivity index (χ0v) is 29.9. The third kappa shape index (κ3) is 5.05. The van der Waals surface area contributed by atoms with Crippen LogP contribution in [0.5, 0.6) is 0 Å². The Bertz CT molecular complexity index is 3200. The molecule has 0 aliphatic rings. The standard InChI is InChI=1S/C52H34N2O/c1-4-15-35(16-5-1)41-31-28-39(33-46(41)36-17-6-2-7-18-36)53(48-25-14-26-50-51(48)45-30-27-37-19-10-11-22-42(37)52(45)55-50)40-29-32-44-43-23-12-13-24-47(43)54(49(44)34-40)38-20-8-3-9-21-38/h1-34H. The van der Waals surface area contributed by atoms with Gasteiger partial charge >= 0.3 is 0 Å². The number of fused-ring (bicyclic) bond motifs is 8. The molecule has 3 nitrogen and oxygen atoms in total. The Morgan fingerprint density at radius 1 is 0.400 bits per heavy atom. The molecule has 0 bridgehead atoms. The molecule has 9 aromatic carbocycles. The fraction of sp³-hybridized carbons (Fsp3) is 0. The van der Waals surface area contributed by atoms with E-state index in [1.165, 1.54) is 38.5 Å². The van der Waals surface area contributed by atoms with E-state index in [-0.39, 0.29) is 0 Å². The van der Waals surface area contributed by atoms with Crippen molar-refractivity contribution in [3.63, 3.8) is 0 Å². The van der Waals surface area contributed by atoms with Crippen LogP contribution in [0.25, 0.3) is 82.5 Å². The van der Waals surface area contributed by atoms with Gasteiger partial charge in [-0.25, -0.2) is 0 Å². The van der Waals surface area contributed by atoms with Gasteiger partial charge in [0.1, 0.15) is 11.2 Å². The zero-order chi connectivity index (χ0) is 36.3. The Kier molecular flexibility index (Phi) is 7.17. The van der Waals surface area contributed by atoms with Crippen molar-refractivity contribution >= 4 is 71.6 Å². The lowest BCUT2D eigenvalue weighted by atomic mass is 9.93. The summed E-state index contributed by atoms with van der Waals surface area (Å²) in [6.07, 6.45) is 0. The van der Waals surface area contributed by atoms with E-state index in [0.29, 0.717) is 0 Å². The van der Waals surface area contributed by atoms with Crippen LogP contribution in [0.1, 0.15) is 0 Å². The van der Waals surface area contributed by atoms with Crippen LogP contribution in [0.4, 0.5) is 17.1 Å². The highest BCUT2D eigenvalue weighted by molar-refractivity contribution is 6.20. The van der Waals surface area contributed by atoms with Crippen molar-refractivity contribution in [1.29, 1.82) is 0 Å². The number of aromatic nitrogens is 1. The second-order valence-electron chi connectivity index (χ2n) is 14.1. The highest BCUT2D eigenvalue weighted by atomic mass is 16.3. The molecule has 0 saturated carbocycles. The SMILES string of the molecule is c1ccc(-c2ccc(N(c3ccc4c5ccccc5n(-c5ccccc5)c4c3)c3cccc4oc5c6ccccc6ccc5c34)cc2-c2ccccc2)cc1. The Balaban J connectivity index is 1.23. The molecule has 0 aliphatic heterocycles. The van der Waals surface area contributed by atoms with Crippen molar-refractivity contribution in [2.75, 3.05) is 4.90 Å². The fourth-order valence-corrected chi connectivity index (χ4v) is 8.50. The van der Waals surface area contributed by atoms with Gasteiger partial charge in [-0.1, -0.05) is 146 Å². The van der Waals surface area contributed by atoms with Crippen molar-refractivity contribution < 1.29 is 4.42 Å². The molecule has 0 unspecified atom stereocenters. The maximum Gasteiger partial charge on any atom is 0.143 e. The van der Waals surface area contributed by atoms with Crippen molar-refractivity contribution in [2.24, 2.45) is 0 Å². The number of anilines is 3. The minimum absolute atomic E-state index is 0.859. The van der Waals surface area contributed by atoms with E-state index in [1.807, 2.05) is 0 Å². The Labute approximate surface area is 318 Å². The summed E-state index contributed by atoms with van der Waals surface area (Å²) >= 11 is 0. The molecule has 11 rings (SSSR count). The van der Waals surface area contributed by atoms with Gasteiger partial charge in [0, 0.05) is 38.6 Å². The molecule has 0 atom stereocenters. The van der Waals surface area contributed by atoms with Crippen LogP contribution in [0, 0.1) is 0 Å². The summed E-state index contributed by atoms with van der Waals surface area (Å²) in [6.45, 7) is 0. The first-order valence-corrected chi connectivity index (χ1v) is 18.8. The van der Waals surface area contributed by atoms with Crippen LogP contribution in [0.2, 0.25) is 0 Å². The maximum absolute atomic E-state index is 6.75. The zero-order valence-electron chi connectivity index (χ0n) is 29.9. The van der Waals surface area contributed by atoms with E-state index in [9.17, 15) is 0 Å². The molecule has 2 heterocycles. The summed E-state index contributed by atoms with van der Waals surface area (Å²) in [4.78, 5) is 2.42. The Morgan fingerprint density at radius 2 is 1.02 bits per heavy atom. The molecule has 0 aliphatic carbocycles. The van der Waals surface area contributed by atoms with E-state index in [1.54, 1.807) is 0 Å². The third-order valence-electron chi connectivity index (χ3n) is 11.0. The maximum atomic E-state index is 6.75. The van der Waals surface area contributed by atoms with Gasteiger partial charge in [-0.2, -0.15) is 0 Å².